The summed E-state index contributed by atoms with van der Waals surface area (Å²) in [6.45, 7) is 6.52. The maximum atomic E-state index is 12.0. The van der Waals surface area contributed by atoms with Crippen molar-refractivity contribution in [3.8, 4) is 0 Å². The van der Waals surface area contributed by atoms with Crippen LogP contribution in [0.4, 0.5) is 10.8 Å². The van der Waals surface area contributed by atoms with Crippen molar-refractivity contribution >= 4 is 40.0 Å². The van der Waals surface area contributed by atoms with Gasteiger partial charge in [-0.1, -0.05) is 32.0 Å². The van der Waals surface area contributed by atoms with E-state index in [1.54, 1.807) is 11.0 Å². The molecule has 2 rings (SSSR count). The van der Waals surface area contributed by atoms with Crippen LogP contribution in [0.1, 0.15) is 39.3 Å². The minimum Gasteiger partial charge on any atom is -0.353 e. The monoisotopic (exact) mass is 371 g/mol. The molecule has 2 aromatic rings. The SMILES string of the molecule is CC(=O)N(c1ccccc1)c1nc(/C=C/C(=O)NCCCC(C)C)cs1. The molecule has 5 nitrogen and oxygen atoms in total. The van der Waals surface area contributed by atoms with Crippen molar-refractivity contribution < 1.29 is 9.59 Å². The molecule has 0 aliphatic heterocycles. The number of thiazole rings is 1. The van der Waals surface area contributed by atoms with Crippen molar-refractivity contribution in [3.63, 3.8) is 0 Å². The first-order valence-electron chi connectivity index (χ1n) is 8.74. The molecule has 0 atom stereocenters. The molecule has 1 heterocycles. The van der Waals surface area contributed by atoms with E-state index in [4.69, 9.17) is 0 Å². The molecule has 2 amide bonds. The van der Waals surface area contributed by atoms with Crippen LogP contribution in [0.2, 0.25) is 0 Å². The molecule has 0 aliphatic rings. The Morgan fingerprint density at radius 3 is 2.65 bits per heavy atom. The molecule has 0 saturated heterocycles. The molecule has 1 aromatic carbocycles. The van der Waals surface area contributed by atoms with Crippen LogP contribution in [0, 0.1) is 5.92 Å². The minimum absolute atomic E-state index is 0.107. The van der Waals surface area contributed by atoms with Crippen molar-refractivity contribution in [1.29, 1.82) is 0 Å². The molecule has 1 N–H and O–H groups in total. The first-order chi connectivity index (χ1) is 12.5. The Kier molecular flexibility index (Phi) is 7.53. The van der Waals surface area contributed by atoms with Gasteiger partial charge in [-0.15, -0.1) is 11.3 Å². The number of para-hydroxylation sites is 1. The molecule has 0 bridgehead atoms. The van der Waals surface area contributed by atoms with Crippen molar-refractivity contribution in [3.05, 3.63) is 47.5 Å². The number of carbonyl (C=O) groups excluding carboxylic acids is 2. The van der Waals surface area contributed by atoms with Gasteiger partial charge in [-0.2, -0.15) is 0 Å². The molecule has 0 radical (unpaired) electrons. The van der Waals surface area contributed by atoms with E-state index in [1.165, 1.54) is 24.3 Å². The lowest BCUT2D eigenvalue weighted by Crippen LogP contribution is -2.22. The fourth-order valence-electron chi connectivity index (χ4n) is 2.40. The smallest absolute Gasteiger partial charge is 0.244 e. The lowest BCUT2D eigenvalue weighted by atomic mass is 10.1. The van der Waals surface area contributed by atoms with Crippen LogP contribution < -0.4 is 10.2 Å². The van der Waals surface area contributed by atoms with Crippen LogP contribution in [-0.4, -0.2) is 23.3 Å². The molecular weight excluding hydrogens is 346 g/mol. The summed E-state index contributed by atoms with van der Waals surface area (Å²) < 4.78 is 0. The van der Waals surface area contributed by atoms with Gasteiger partial charge in [0, 0.05) is 24.9 Å². The molecule has 138 valence electrons. The summed E-state index contributed by atoms with van der Waals surface area (Å²) in [5, 5.41) is 5.28. The van der Waals surface area contributed by atoms with Crippen LogP contribution in [0.5, 0.6) is 0 Å². The summed E-state index contributed by atoms with van der Waals surface area (Å²) in [4.78, 5) is 29.9. The Morgan fingerprint density at radius 2 is 2.00 bits per heavy atom. The van der Waals surface area contributed by atoms with Crippen LogP contribution >= 0.6 is 11.3 Å². The Hall–Kier alpha value is -2.47. The number of hydrogen-bond donors (Lipinski definition) is 1. The molecule has 0 fully saturated rings. The number of nitrogens with one attached hydrogen (secondary N) is 1. The van der Waals surface area contributed by atoms with Crippen molar-refractivity contribution in [2.24, 2.45) is 5.92 Å². The summed E-state index contributed by atoms with van der Waals surface area (Å²) in [5.41, 5.74) is 1.43. The van der Waals surface area contributed by atoms with Gasteiger partial charge >= 0.3 is 0 Å². The number of aromatic nitrogens is 1. The third-order valence-electron chi connectivity index (χ3n) is 3.69. The lowest BCUT2D eigenvalue weighted by Gasteiger charge is -2.17. The van der Waals surface area contributed by atoms with Gasteiger partial charge in [0.25, 0.3) is 0 Å². The predicted octanol–water partition coefficient (Wildman–Crippen LogP) is 4.39. The first-order valence-corrected chi connectivity index (χ1v) is 9.62. The summed E-state index contributed by atoms with van der Waals surface area (Å²) in [7, 11) is 0. The van der Waals surface area contributed by atoms with Gasteiger partial charge < -0.3 is 5.32 Å². The highest BCUT2D eigenvalue weighted by Crippen LogP contribution is 2.28. The molecule has 6 heteroatoms. The largest absolute Gasteiger partial charge is 0.353 e. The number of anilines is 2. The Bertz CT molecular complexity index is 753. The second kappa shape index (κ2) is 9.87. The van der Waals surface area contributed by atoms with Gasteiger partial charge in [-0.25, -0.2) is 4.98 Å². The minimum atomic E-state index is -0.130. The summed E-state index contributed by atoms with van der Waals surface area (Å²) in [6, 6.07) is 9.39. The Balaban J connectivity index is 1.98. The molecule has 0 spiro atoms. The quantitative estimate of drug-likeness (QED) is 0.553. The van der Waals surface area contributed by atoms with E-state index < -0.39 is 0 Å². The number of nitrogens with zero attached hydrogens (tertiary/aromatic N) is 2. The van der Waals surface area contributed by atoms with Crippen molar-refractivity contribution in [2.45, 2.75) is 33.6 Å². The van der Waals surface area contributed by atoms with Crippen LogP contribution in [0.3, 0.4) is 0 Å². The van der Waals surface area contributed by atoms with Gasteiger partial charge in [-0.05, 0) is 37.0 Å². The predicted molar refractivity (Wildman–Crippen MR) is 107 cm³/mol. The number of benzene rings is 1. The summed E-state index contributed by atoms with van der Waals surface area (Å²) >= 11 is 1.37. The molecule has 0 saturated carbocycles. The summed E-state index contributed by atoms with van der Waals surface area (Å²) in [6.07, 6.45) is 5.22. The van der Waals surface area contributed by atoms with Gasteiger partial charge in [0.05, 0.1) is 11.4 Å². The zero-order chi connectivity index (χ0) is 18.9. The topological polar surface area (TPSA) is 62.3 Å². The number of amides is 2. The number of carbonyl (C=O) groups is 2. The van der Waals surface area contributed by atoms with Crippen LogP contribution in [0.25, 0.3) is 6.08 Å². The fourth-order valence-corrected chi connectivity index (χ4v) is 3.26. The standard InChI is InChI=1S/C20H25N3O2S/c1-15(2)8-7-13-21-19(25)12-11-17-14-26-20(22-17)23(16(3)24)18-9-5-4-6-10-18/h4-6,9-12,14-15H,7-8,13H2,1-3H3,(H,21,25)/b12-11+. The lowest BCUT2D eigenvalue weighted by molar-refractivity contribution is -0.117. The highest BCUT2D eigenvalue weighted by molar-refractivity contribution is 7.14. The molecule has 1 aromatic heterocycles. The van der Waals surface area contributed by atoms with E-state index in [0.29, 0.717) is 23.3 Å². The highest BCUT2D eigenvalue weighted by atomic mass is 32.1. The number of hydrogen-bond acceptors (Lipinski definition) is 4. The maximum absolute atomic E-state index is 12.0. The normalized spacial score (nSPS) is 11.1. The van der Waals surface area contributed by atoms with E-state index in [9.17, 15) is 9.59 Å². The number of rotatable bonds is 8. The van der Waals surface area contributed by atoms with Crippen LogP contribution in [0.15, 0.2) is 41.8 Å². The molecule has 0 aliphatic carbocycles. The first kappa shape index (κ1) is 19.8. The zero-order valence-electron chi connectivity index (χ0n) is 15.4. The van der Waals surface area contributed by atoms with E-state index in [-0.39, 0.29) is 11.8 Å². The van der Waals surface area contributed by atoms with E-state index in [2.05, 4.69) is 24.1 Å². The third-order valence-corrected chi connectivity index (χ3v) is 4.54. The fraction of sp³-hybridized carbons (Fsp3) is 0.350. The van der Waals surface area contributed by atoms with E-state index in [0.717, 1.165) is 18.5 Å². The Labute approximate surface area is 158 Å². The van der Waals surface area contributed by atoms with E-state index >= 15 is 0 Å². The van der Waals surface area contributed by atoms with Crippen LogP contribution in [-0.2, 0) is 9.59 Å². The van der Waals surface area contributed by atoms with Crippen molar-refractivity contribution in [1.82, 2.24) is 10.3 Å². The zero-order valence-corrected chi connectivity index (χ0v) is 16.3. The summed E-state index contributed by atoms with van der Waals surface area (Å²) in [5.74, 6) is 0.406. The average Bonchev–Trinajstić information content (AvgIpc) is 3.06. The third kappa shape index (κ3) is 6.11. The van der Waals surface area contributed by atoms with Crippen molar-refractivity contribution in [2.75, 3.05) is 11.4 Å². The van der Waals surface area contributed by atoms with Gasteiger partial charge in [-0.3, -0.25) is 14.5 Å². The van der Waals surface area contributed by atoms with Gasteiger partial charge in [0.1, 0.15) is 0 Å². The second-order valence-electron chi connectivity index (χ2n) is 6.41. The average molecular weight is 372 g/mol. The maximum Gasteiger partial charge on any atom is 0.244 e. The Morgan fingerprint density at radius 1 is 1.27 bits per heavy atom. The molecule has 0 unspecified atom stereocenters. The molecular formula is C20H25N3O2S. The van der Waals surface area contributed by atoms with Gasteiger partial charge in [0.15, 0.2) is 5.13 Å². The van der Waals surface area contributed by atoms with Gasteiger partial charge in [0.2, 0.25) is 11.8 Å². The van der Waals surface area contributed by atoms with E-state index in [1.807, 2.05) is 35.7 Å². The second-order valence-corrected chi connectivity index (χ2v) is 7.24. The highest BCUT2D eigenvalue weighted by Gasteiger charge is 2.17. The molecule has 26 heavy (non-hydrogen) atoms.